The lowest BCUT2D eigenvalue weighted by atomic mass is 10.0. The van der Waals surface area contributed by atoms with Crippen molar-refractivity contribution in [3.05, 3.63) is 40.7 Å². The molecule has 0 aliphatic carbocycles. The van der Waals surface area contributed by atoms with E-state index in [4.69, 9.17) is 11.6 Å². The molecule has 0 aliphatic heterocycles. The highest BCUT2D eigenvalue weighted by atomic mass is 35.5. The number of aromatic nitrogens is 1. The van der Waals surface area contributed by atoms with E-state index in [0.29, 0.717) is 5.15 Å². The second kappa shape index (κ2) is 3.00. The molecule has 1 aromatic carbocycles. The summed E-state index contributed by atoms with van der Waals surface area (Å²) >= 11 is 5.82. The molecule has 0 radical (unpaired) electrons. The monoisotopic (exact) mass is 191 g/mol. The third-order valence-corrected chi connectivity index (χ3v) is 2.36. The number of nitrogens with zero attached hydrogens (tertiary/aromatic N) is 1. The lowest BCUT2D eigenvalue weighted by Gasteiger charge is -2.03. The molecule has 2 aromatic rings. The molecule has 2 heteroatoms. The minimum Gasteiger partial charge on any atom is -0.244 e. The molecule has 1 heterocycles. The molecule has 0 bridgehead atoms. The Morgan fingerprint density at radius 1 is 1.15 bits per heavy atom. The van der Waals surface area contributed by atoms with Gasteiger partial charge >= 0.3 is 0 Å². The maximum atomic E-state index is 5.82. The summed E-state index contributed by atoms with van der Waals surface area (Å²) in [7, 11) is 0. The molecule has 66 valence electrons. The van der Waals surface area contributed by atoms with E-state index in [1.165, 1.54) is 16.5 Å². The largest absolute Gasteiger partial charge is 0.244 e. The van der Waals surface area contributed by atoms with Crippen LogP contribution in [-0.2, 0) is 0 Å². The molecule has 0 unspecified atom stereocenters. The van der Waals surface area contributed by atoms with Gasteiger partial charge in [0.15, 0.2) is 0 Å². The van der Waals surface area contributed by atoms with Crippen LogP contribution >= 0.6 is 11.6 Å². The zero-order chi connectivity index (χ0) is 9.42. The number of aryl methyl sites for hydroxylation is 2. The summed E-state index contributed by atoms with van der Waals surface area (Å²) in [6.45, 7) is 4.17. The van der Waals surface area contributed by atoms with Gasteiger partial charge in [-0.1, -0.05) is 23.2 Å². The molecular weight excluding hydrogens is 182 g/mol. The summed E-state index contributed by atoms with van der Waals surface area (Å²) in [5, 5.41) is 2.90. The standard InChI is InChI=1S/C11H10ClN/c1-7-3-8(2)10-5-11(12)13-6-9(10)4-7/h3-6H,1-2H3. The second-order valence-corrected chi connectivity index (χ2v) is 3.70. The molecule has 0 atom stereocenters. The lowest BCUT2D eigenvalue weighted by Crippen LogP contribution is -1.83. The van der Waals surface area contributed by atoms with Crippen LogP contribution in [0.25, 0.3) is 10.8 Å². The van der Waals surface area contributed by atoms with Crippen LogP contribution in [0.15, 0.2) is 24.4 Å². The van der Waals surface area contributed by atoms with Crippen molar-refractivity contribution < 1.29 is 0 Å². The van der Waals surface area contributed by atoms with E-state index in [1.807, 2.05) is 12.3 Å². The number of hydrogen-bond acceptors (Lipinski definition) is 1. The molecule has 0 aliphatic rings. The first-order valence-electron chi connectivity index (χ1n) is 4.19. The summed E-state index contributed by atoms with van der Waals surface area (Å²) in [4.78, 5) is 4.05. The highest BCUT2D eigenvalue weighted by Crippen LogP contribution is 2.21. The van der Waals surface area contributed by atoms with E-state index in [2.05, 4.69) is 31.0 Å². The van der Waals surface area contributed by atoms with Gasteiger partial charge in [-0.2, -0.15) is 0 Å². The molecule has 13 heavy (non-hydrogen) atoms. The Labute approximate surface area is 82.4 Å². The number of hydrogen-bond donors (Lipinski definition) is 0. The number of fused-ring (bicyclic) bond motifs is 1. The van der Waals surface area contributed by atoms with Crippen LogP contribution in [0.2, 0.25) is 5.15 Å². The number of halogens is 1. The molecule has 1 nitrogen and oxygen atoms in total. The minimum atomic E-state index is 0.555. The Kier molecular flexibility index (Phi) is 1.97. The first-order chi connectivity index (χ1) is 6.16. The van der Waals surface area contributed by atoms with Crippen molar-refractivity contribution in [3.63, 3.8) is 0 Å². The predicted octanol–water partition coefficient (Wildman–Crippen LogP) is 3.51. The van der Waals surface area contributed by atoms with Crippen LogP contribution in [0.4, 0.5) is 0 Å². The molecule has 0 N–H and O–H groups in total. The van der Waals surface area contributed by atoms with Crippen LogP contribution in [0.1, 0.15) is 11.1 Å². The van der Waals surface area contributed by atoms with E-state index >= 15 is 0 Å². The second-order valence-electron chi connectivity index (χ2n) is 3.31. The van der Waals surface area contributed by atoms with Gasteiger partial charge in [0.2, 0.25) is 0 Å². The van der Waals surface area contributed by atoms with Gasteiger partial charge in [0.1, 0.15) is 5.15 Å². The molecule has 0 saturated carbocycles. The fourth-order valence-electron chi connectivity index (χ4n) is 1.60. The summed E-state index contributed by atoms with van der Waals surface area (Å²) in [6, 6.07) is 6.18. The van der Waals surface area contributed by atoms with Crippen LogP contribution in [0, 0.1) is 13.8 Å². The van der Waals surface area contributed by atoms with Crippen molar-refractivity contribution in [2.24, 2.45) is 0 Å². The summed E-state index contributed by atoms with van der Waals surface area (Å²) in [5.41, 5.74) is 2.51. The van der Waals surface area contributed by atoms with Crippen molar-refractivity contribution in [2.45, 2.75) is 13.8 Å². The maximum absolute atomic E-state index is 5.82. The Morgan fingerprint density at radius 2 is 1.92 bits per heavy atom. The van der Waals surface area contributed by atoms with E-state index in [9.17, 15) is 0 Å². The molecule has 0 amide bonds. The summed E-state index contributed by atoms with van der Waals surface area (Å²) < 4.78 is 0. The molecular formula is C11H10ClN. The molecule has 2 rings (SSSR count). The highest BCUT2D eigenvalue weighted by molar-refractivity contribution is 6.30. The third-order valence-electron chi connectivity index (χ3n) is 2.15. The number of benzene rings is 1. The van der Waals surface area contributed by atoms with E-state index in [0.717, 1.165) is 5.39 Å². The first-order valence-corrected chi connectivity index (χ1v) is 4.57. The molecule has 0 saturated heterocycles. The van der Waals surface area contributed by atoms with Crippen LogP contribution < -0.4 is 0 Å². The van der Waals surface area contributed by atoms with Gasteiger partial charge in [-0.25, -0.2) is 4.98 Å². The van der Waals surface area contributed by atoms with Crippen LogP contribution in [0.5, 0.6) is 0 Å². The van der Waals surface area contributed by atoms with E-state index in [-0.39, 0.29) is 0 Å². The van der Waals surface area contributed by atoms with Crippen molar-refractivity contribution in [1.82, 2.24) is 4.98 Å². The maximum Gasteiger partial charge on any atom is 0.129 e. The predicted molar refractivity (Wildman–Crippen MR) is 56.2 cm³/mol. The zero-order valence-electron chi connectivity index (χ0n) is 7.63. The molecule has 0 spiro atoms. The van der Waals surface area contributed by atoms with Gasteiger partial charge < -0.3 is 0 Å². The zero-order valence-corrected chi connectivity index (χ0v) is 8.39. The van der Waals surface area contributed by atoms with Gasteiger partial charge in [0.05, 0.1) is 0 Å². The third kappa shape index (κ3) is 1.52. The van der Waals surface area contributed by atoms with Crippen molar-refractivity contribution in [2.75, 3.05) is 0 Å². The smallest absolute Gasteiger partial charge is 0.129 e. The minimum absolute atomic E-state index is 0.555. The van der Waals surface area contributed by atoms with Gasteiger partial charge in [-0.15, -0.1) is 0 Å². The number of pyridine rings is 1. The van der Waals surface area contributed by atoms with E-state index in [1.54, 1.807) is 0 Å². The van der Waals surface area contributed by atoms with Crippen molar-refractivity contribution >= 4 is 22.4 Å². The van der Waals surface area contributed by atoms with Gasteiger partial charge in [0.25, 0.3) is 0 Å². The van der Waals surface area contributed by atoms with Crippen molar-refractivity contribution in [3.8, 4) is 0 Å². The lowest BCUT2D eigenvalue weighted by molar-refractivity contribution is 1.34. The molecule has 1 aromatic heterocycles. The van der Waals surface area contributed by atoms with Crippen LogP contribution in [0.3, 0.4) is 0 Å². The van der Waals surface area contributed by atoms with Gasteiger partial charge in [0, 0.05) is 11.6 Å². The average Bonchev–Trinajstić information content (AvgIpc) is 2.06. The Morgan fingerprint density at radius 3 is 2.69 bits per heavy atom. The average molecular weight is 192 g/mol. The number of rotatable bonds is 0. The van der Waals surface area contributed by atoms with Crippen LogP contribution in [-0.4, -0.2) is 4.98 Å². The Hall–Kier alpha value is -1.08. The SMILES string of the molecule is Cc1cc(C)c2cc(Cl)ncc2c1. The highest BCUT2D eigenvalue weighted by Gasteiger charge is 1.99. The topological polar surface area (TPSA) is 12.9 Å². The Bertz CT molecular complexity index is 463. The first kappa shape index (κ1) is 8.52. The quantitative estimate of drug-likeness (QED) is 0.581. The van der Waals surface area contributed by atoms with Crippen molar-refractivity contribution in [1.29, 1.82) is 0 Å². The van der Waals surface area contributed by atoms with E-state index < -0.39 is 0 Å². The fourth-order valence-corrected chi connectivity index (χ4v) is 1.76. The summed E-state index contributed by atoms with van der Waals surface area (Å²) in [6.07, 6.45) is 1.82. The summed E-state index contributed by atoms with van der Waals surface area (Å²) in [5.74, 6) is 0. The molecule has 0 fully saturated rings. The van der Waals surface area contributed by atoms with Gasteiger partial charge in [-0.05, 0) is 36.9 Å². The normalized spacial score (nSPS) is 10.7. The Balaban J connectivity index is 2.87. The van der Waals surface area contributed by atoms with Gasteiger partial charge in [-0.3, -0.25) is 0 Å². The fraction of sp³-hybridized carbons (Fsp3) is 0.182.